The minimum atomic E-state index is -0.553. The number of carbonyl (C=O) groups is 1. The third kappa shape index (κ3) is 4.23. The second-order valence-corrected chi connectivity index (χ2v) is 7.31. The highest BCUT2D eigenvalue weighted by Gasteiger charge is 2.33. The van der Waals surface area contributed by atoms with Gasteiger partial charge < -0.3 is 14.7 Å². The molecule has 22 heavy (non-hydrogen) atoms. The van der Waals surface area contributed by atoms with Crippen molar-refractivity contribution in [3.05, 3.63) is 34.9 Å². The molecule has 0 bridgehead atoms. The number of ether oxygens (including phenoxy) is 1. The Morgan fingerprint density at radius 1 is 1.23 bits per heavy atom. The van der Waals surface area contributed by atoms with E-state index in [9.17, 15) is 9.90 Å². The van der Waals surface area contributed by atoms with Gasteiger partial charge in [0.2, 0.25) is 0 Å². The average molecular weight is 305 g/mol. The van der Waals surface area contributed by atoms with Crippen LogP contribution in [0.25, 0.3) is 0 Å². The van der Waals surface area contributed by atoms with E-state index in [4.69, 9.17) is 4.74 Å². The average Bonchev–Trinajstić information content (AvgIpc) is 2.35. The van der Waals surface area contributed by atoms with Gasteiger partial charge in [0.1, 0.15) is 5.60 Å². The molecule has 2 rings (SSSR count). The number of piperidine rings is 1. The van der Waals surface area contributed by atoms with E-state index >= 15 is 0 Å². The fourth-order valence-corrected chi connectivity index (χ4v) is 3.04. The van der Waals surface area contributed by atoms with Gasteiger partial charge in [0, 0.05) is 12.5 Å². The summed E-state index contributed by atoms with van der Waals surface area (Å²) in [5.41, 5.74) is 3.06. The van der Waals surface area contributed by atoms with Crippen LogP contribution in [-0.2, 0) is 4.74 Å². The van der Waals surface area contributed by atoms with Crippen molar-refractivity contribution in [3.8, 4) is 0 Å². The van der Waals surface area contributed by atoms with Crippen LogP contribution in [0.3, 0.4) is 0 Å². The van der Waals surface area contributed by atoms with Crippen molar-refractivity contribution in [3.63, 3.8) is 0 Å². The number of carbonyl (C=O) groups excluding carboxylic acids is 1. The maximum Gasteiger partial charge on any atom is 0.410 e. The van der Waals surface area contributed by atoms with Gasteiger partial charge in [-0.15, -0.1) is 0 Å². The third-order valence-electron chi connectivity index (χ3n) is 3.91. The molecule has 1 heterocycles. The van der Waals surface area contributed by atoms with Gasteiger partial charge in [0.15, 0.2) is 0 Å². The molecule has 2 atom stereocenters. The van der Waals surface area contributed by atoms with Crippen LogP contribution < -0.4 is 0 Å². The monoisotopic (exact) mass is 305 g/mol. The molecule has 4 nitrogen and oxygen atoms in total. The number of hydrogen-bond donors (Lipinski definition) is 1. The molecule has 1 N–H and O–H groups in total. The smallest absolute Gasteiger partial charge is 0.410 e. The minimum Gasteiger partial charge on any atom is -0.444 e. The predicted octanol–water partition coefficient (Wildman–Crippen LogP) is 3.39. The molecule has 1 amide bonds. The standard InChI is InChI=1S/C18H27NO3/c1-12-8-13(2)10-14(9-12)15-6-7-19(11-16(15)20)17(21)22-18(3,4)5/h8-10,15-16,20H,6-7,11H2,1-5H3/t15-,16+/m1/s1. The summed E-state index contributed by atoms with van der Waals surface area (Å²) in [7, 11) is 0. The topological polar surface area (TPSA) is 49.8 Å². The molecule has 0 spiro atoms. The second kappa shape index (κ2) is 6.29. The second-order valence-electron chi connectivity index (χ2n) is 7.31. The highest BCUT2D eigenvalue weighted by Crippen LogP contribution is 2.30. The van der Waals surface area contributed by atoms with Gasteiger partial charge in [-0.2, -0.15) is 0 Å². The molecule has 1 aromatic rings. The van der Waals surface area contributed by atoms with Gasteiger partial charge in [-0.3, -0.25) is 0 Å². The lowest BCUT2D eigenvalue weighted by Gasteiger charge is -2.37. The summed E-state index contributed by atoms with van der Waals surface area (Å²) >= 11 is 0. The van der Waals surface area contributed by atoms with Crippen LogP contribution in [0.15, 0.2) is 18.2 Å². The number of likely N-dealkylation sites (tertiary alicyclic amines) is 1. The van der Waals surface area contributed by atoms with Gasteiger partial charge >= 0.3 is 6.09 Å². The summed E-state index contributed by atoms with van der Waals surface area (Å²) in [5.74, 6) is 0.0808. The molecule has 1 aliphatic heterocycles. The molecule has 0 radical (unpaired) electrons. The number of aliphatic hydroxyl groups excluding tert-OH is 1. The van der Waals surface area contributed by atoms with Gasteiger partial charge in [-0.1, -0.05) is 29.3 Å². The first kappa shape index (κ1) is 16.8. The first-order valence-corrected chi connectivity index (χ1v) is 7.90. The van der Waals surface area contributed by atoms with Crippen LogP contribution in [0.1, 0.15) is 49.8 Å². The SMILES string of the molecule is Cc1cc(C)cc([C@H]2CCN(C(=O)OC(C)(C)C)C[C@@H]2O)c1. The Morgan fingerprint density at radius 3 is 2.32 bits per heavy atom. The molecule has 1 aliphatic rings. The van der Waals surface area contributed by atoms with E-state index in [0.29, 0.717) is 13.1 Å². The molecular formula is C18H27NO3. The normalized spacial score (nSPS) is 22.5. The number of nitrogens with zero attached hydrogens (tertiary/aromatic N) is 1. The van der Waals surface area contributed by atoms with Gasteiger partial charge in [-0.25, -0.2) is 4.79 Å². The minimum absolute atomic E-state index is 0.0808. The molecule has 1 saturated heterocycles. The van der Waals surface area contributed by atoms with E-state index in [0.717, 1.165) is 12.0 Å². The molecule has 122 valence electrons. The Kier molecular flexibility index (Phi) is 4.81. The lowest BCUT2D eigenvalue weighted by atomic mass is 9.86. The Bertz CT molecular complexity index is 528. The van der Waals surface area contributed by atoms with Crippen molar-refractivity contribution in [1.82, 2.24) is 4.90 Å². The Hall–Kier alpha value is -1.55. The van der Waals surface area contributed by atoms with Crippen LogP contribution in [0.5, 0.6) is 0 Å². The number of hydrogen-bond acceptors (Lipinski definition) is 3. The molecule has 1 fully saturated rings. The molecule has 4 heteroatoms. The number of aryl methyl sites for hydroxylation is 2. The first-order chi connectivity index (χ1) is 10.2. The van der Waals surface area contributed by atoms with Gasteiger partial charge in [-0.05, 0) is 46.6 Å². The molecule has 0 aliphatic carbocycles. The quantitative estimate of drug-likeness (QED) is 0.865. The molecular weight excluding hydrogens is 278 g/mol. The fraction of sp³-hybridized carbons (Fsp3) is 0.611. The van der Waals surface area contributed by atoms with Crippen LogP contribution in [0.2, 0.25) is 0 Å². The number of aliphatic hydroxyl groups is 1. The fourth-order valence-electron chi connectivity index (χ4n) is 3.04. The molecule has 0 aromatic heterocycles. The summed E-state index contributed by atoms with van der Waals surface area (Å²) < 4.78 is 5.38. The molecule has 0 unspecified atom stereocenters. The first-order valence-electron chi connectivity index (χ1n) is 7.90. The van der Waals surface area contributed by atoms with E-state index in [-0.39, 0.29) is 12.0 Å². The summed E-state index contributed by atoms with van der Waals surface area (Å²) in [4.78, 5) is 13.7. The maximum atomic E-state index is 12.1. The van der Waals surface area contributed by atoms with Crippen LogP contribution in [-0.4, -0.2) is 40.9 Å². The van der Waals surface area contributed by atoms with E-state index in [1.807, 2.05) is 20.8 Å². The van der Waals surface area contributed by atoms with Crippen LogP contribution in [0.4, 0.5) is 4.79 Å². The van der Waals surface area contributed by atoms with Crippen molar-refractivity contribution < 1.29 is 14.6 Å². The van der Waals surface area contributed by atoms with Gasteiger partial charge in [0.25, 0.3) is 0 Å². The lowest BCUT2D eigenvalue weighted by Crippen LogP contribution is -2.47. The molecule has 0 saturated carbocycles. The number of benzene rings is 1. The van der Waals surface area contributed by atoms with Crippen molar-refractivity contribution >= 4 is 6.09 Å². The number of amides is 1. The highest BCUT2D eigenvalue weighted by molar-refractivity contribution is 5.68. The zero-order chi connectivity index (χ0) is 16.5. The summed E-state index contributed by atoms with van der Waals surface area (Å²) in [5, 5.41) is 10.5. The number of rotatable bonds is 1. The largest absolute Gasteiger partial charge is 0.444 e. The summed E-state index contributed by atoms with van der Waals surface area (Å²) in [6.45, 7) is 10.6. The van der Waals surface area contributed by atoms with E-state index in [1.165, 1.54) is 11.1 Å². The predicted molar refractivity (Wildman–Crippen MR) is 87.1 cm³/mol. The van der Waals surface area contributed by atoms with Gasteiger partial charge in [0.05, 0.1) is 12.6 Å². The van der Waals surface area contributed by atoms with E-state index < -0.39 is 11.7 Å². The Morgan fingerprint density at radius 2 is 1.82 bits per heavy atom. The lowest BCUT2D eigenvalue weighted by molar-refractivity contribution is -0.00153. The summed E-state index contributed by atoms with van der Waals surface area (Å²) in [6.07, 6.45) is -0.142. The Labute approximate surface area is 133 Å². The summed E-state index contributed by atoms with van der Waals surface area (Å²) in [6, 6.07) is 6.39. The maximum absolute atomic E-state index is 12.1. The van der Waals surface area contributed by atoms with Crippen LogP contribution in [0, 0.1) is 13.8 Å². The molecule has 1 aromatic carbocycles. The zero-order valence-electron chi connectivity index (χ0n) is 14.2. The van der Waals surface area contributed by atoms with Crippen molar-refractivity contribution in [2.24, 2.45) is 0 Å². The van der Waals surface area contributed by atoms with Crippen molar-refractivity contribution in [2.75, 3.05) is 13.1 Å². The third-order valence-corrected chi connectivity index (χ3v) is 3.91. The van der Waals surface area contributed by atoms with Crippen LogP contribution >= 0.6 is 0 Å². The Balaban J connectivity index is 2.05. The van der Waals surface area contributed by atoms with Crippen molar-refractivity contribution in [2.45, 2.75) is 58.7 Å². The van der Waals surface area contributed by atoms with E-state index in [1.54, 1.807) is 4.90 Å². The number of β-amino-alcohol motifs (C(OH)–C–C–N with tert-alkyl or cyclic N) is 1. The van der Waals surface area contributed by atoms with Crippen molar-refractivity contribution in [1.29, 1.82) is 0 Å². The highest BCUT2D eigenvalue weighted by atomic mass is 16.6. The van der Waals surface area contributed by atoms with E-state index in [2.05, 4.69) is 32.0 Å². The zero-order valence-corrected chi connectivity index (χ0v) is 14.2.